The lowest BCUT2D eigenvalue weighted by molar-refractivity contribution is 0.0469. The van der Waals surface area contributed by atoms with Gasteiger partial charge in [-0.3, -0.25) is 9.59 Å². The van der Waals surface area contributed by atoms with E-state index in [4.69, 9.17) is 14.0 Å². The molecule has 0 saturated carbocycles. The summed E-state index contributed by atoms with van der Waals surface area (Å²) in [6, 6.07) is 6.62. The molecule has 8 nitrogen and oxygen atoms in total. The van der Waals surface area contributed by atoms with E-state index in [0.717, 1.165) is 5.56 Å². The van der Waals surface area contributed by atoms with Gasteiger partial charge in [-0.05, 0) is 52.3 Å². The Bertz CT molecular complexity index is 1140. The van der Waals surface area contributed by atoms with Crippen molar-refractivity contribution in [2.45, 2.75) is 41.2 Å². The molecule has 8 heteroatoms. The van der Waals surface area contributed by atoms with Gasteiger partial charge in [0.25, 0.3) is 0 Å². The second-order valence-corrected chi connectivity index (χ2v) is 7.27. The number of rotatable bonds is 8. The smallest absolute Gasteiger partial charge is 0.342 e. The van der Waals surface area contributed by atoms with Gasteiger partial charge in [-0.25, -0.2) is 4.79 Å². The van der Waals surface area contributed by atoms with Gasteiger partial charge >= 0.3 is 5.97 Å². The molecule has 0 radical (unpaired) electrons. The molecule has 2 heterocycles. The molecule has 0 aliphatic heterocycles. The number of H-pyrrole nitrogens is 1. The van der Waals surface area contributed by atoms with Crippen LogP contribution in [0.4, 0.5) is 0 Å². The lowest BCUT2D eigenvalue weighted by Gasteiger charge is -2.11. The number of benzene rings is 1. The van der Waals surface area contributed by atoms with Crippen LogP contribution in [0.2, 0.25) is 0 Å². The molecule has 1 N–H and O–H groups in total. The lowest BCUT2D eigenvalue weighted by atomic mass is 10.1. The molecule has 0 bridgehead atoms. The predicted molar refractivity (Wildman–Crippen MR) is 112 cm³/mol. The van der Waals surface area contributed by atoms with Gasteiger partial charge in [0.1, 0.15) is 23.7 Å². The summed E-state index contributed by atoms with van der Waals surface area (Å²) in [5.74, 6) is -0.270. The highest BCUT2D eigenvalue weighted by molar-refractivity contribution is 6.04. The van der Waals surface area contributed by atoms with Crippen molar-refractivity contribution in [1.82, 2.24) is 10.1 Å². The molecule has 3 aromatic rings. The fourth-order valence-corrected chi connectivity index (χ4v) is 3.46. The minimum Gasteiger partial charge on any atom is -0.488 e. The van der Waals surface area contributed by atoms with Crippen molar-refractivity contribution >= 4 is 17.5 Å². The third kappa shape index (κ3) is 4.58. The number of hydrogen-bond acceptors (Lipinski definition) is 7. The second-order valence-electron chi connectivity index (χ2n) is 7.27. The molecular formula is C23H24N2O6. The Morgan fingerprint density at radius 3 is 2.42 bits per heavy atom. The van der Waals surface area contributed by atoms with Gasteiger partial charge in [0.05, 0.1) is 17.0 Å². The number of aromatic amines is 1. The number of aryl methyl sites for hydroxylation is 3. The van der Waals surface area contributed by atoms with Crippen molar-refractivity contribution in [3.8, 4) is 5.75 Å². The Balaban J connectivity index is 1.69. The van der Waals surface area contributed by atoms with Crippen LogP contribution in [0.25, 0.3) is 0 Å². The molecule has 31 heavy (non-hydrogen) atoms. The summed E-state index contributed by atoms with van der Waals surface area (Å²) in [6.45, 7) is 8.16. The van der Waals surface area contributed by atoms with Gasteiger partial charge in [-0.1, -0.05) is 17.3 Å². The highest BCUT2D eigenvalue weighted by Crippen LogP contribution is 2.23. The van der Waals surface area contributed by atoms with Crippen molar-refractivity contribution in [2.24, 2.45) is 0 Å². The molecule has 162 valence electrons. The van der Waals surface area contributed by atoms with Gasteiger partial charge in [-0.15, -0.1) is 0 Å². The summed E-state index contributed by atoms with van der Waals surface area (Å²) in [6.07, 6.45) is 0. The molecule has 0 aliphatic carbocycles. The predicted octanol–water partition coefficient (Wildman–Crippen LogP) is 4.06. The molecule has 1 aromatic carbocycles. The Hall–Kier alpha value is -3.68. The maximum atomic E-state index is 12.6. The second kappa shape index (κ2) is 8.99. The Morgan fingerprint density at radius 1 is 1.10 bits per heavy atom. The molecular weight excluding hydrogens is 400 g/mol. The first kappa shape index (κ1) is 22.0. The number of nitrogens with zero attached hydrogens (tertiary/aromatic N) is 1. The molecule has 0 atom stereocenters. The van der Waals surface area contributed by atoms with Gasteiger partial charge in [0.15, 0.2) is 12.4 Å². The number of esters is 1. The topological polar surface area (TPSA) is 111 Å². The van der Waals surface area contributed by atoms with Gasteiger partial charge < -0.3 is 19.0 Å². The van der Waals surface area contributed by atoms with E-state index in [1.54, 1.807) is 45.0 Å². The minimum absolute atomic E-state index is 0.133. The van der Waals surface area contributed by atoms with E-state index in [1.165, 1.54) is 6.92 Å². The zero-order valence-corrected chi connectivity index (χ0v) is 18.1. The number of Topliss-reactive ketones (excluding diaryl/α,β-unsaturated/α-hetero) is 2. The monoisotopic (exact) mass is 424 g/mol. The molecule has 0 fully saturated rings. The third-order valence-electron chi connectivity index (χ3n) is 5.06. The largest absolute Gasteiger partial charge is 0.488 e. The third-order valence-corrected chi connectivity index (χ3v) is 5.06. The van der Waals surface area contributed by atoms with E-state index < -0.39 is 18.4 Å². The van der Waals surface area contributed by atoms with E-state index in [9.17, 15) is 14.4 Å². The van der Waals surface area contributed by atoms with Gasteiger partial charge in [-0.2, -0.15) is 0 Å². The first-order chi connectivity index (χ1) is 14.7. The van der Waals surface area contributed by atoms with Crippen LogP contribution in [0.1, 0.15) is 66.4 Å². The average Bonchev–Trinajstić information content (AvgIpc) is 3.22. The van der Waals surface area contributed by atoms with E-state index in [1.807, 2.05) is 6.92 Å². The molecule has 3 rings (SSSR count). The van der Waals surface area contributed by atoms with Crippen molar-refractivity contribution < 1.29 is 28.4 Å². The fourth-order valence-electron chi connectivity index (χ4n) is 3.46. The van der Waals surface area contributed by atoms with Crippen LogP contribution in [-0.4, -0.2) is 34.3 Å². The highest BCUT2D eigenvalue weighted by Gasteiger charge is 2.22. The van der Waals surface area contributed by atoms with Crippen LogP contribution in [0.15, 0.2) is 28.8 Å². The first-order valence-corrected chi connectivity index (χ1v) is 9.74. The number of para-hydroxylation sites is 1. The number of ether oxygens (including phenoxy) is 2. The number of aromatic nitrogens is 2. The molecule has 0 aliphatic rings. The fraction of sp³-hybridized carbons (Fsp3) is 0.304. The minimum atomic E-state index is -0.685. The standard InChI is InChI=1S/C23H24N2O6/c1-12-21(15(4)26)14(3)24-22(12)19(27)11-30-23(28)17-8-6-7-9-20(17)29-10-18-13(2)25-31-16(18)5/h6-9,24H,10-11H2,1-5H3. The normalized spacial score (nSPS) is 10.7. The van der Waals surface area contributed by atoms with Crippen molar-refractivity contribution in [2.75, 3.05) is 6.61 Å². The Morgan fingerprint density at radius 2 is 1.81 bits per heavy atom. The highest BCUT2D eigenvalue weighted by atomic mass is 16.5. The number of carbonyl (C=O) groups excluding carboxylic acids is 3. The molecule has 0 unspecified atom stereocenters. The van der Waals surface area contributed by atoms with Crippen LogP contribution in [0.3, 0.4) is 0 Å². The molecule has 0 saturated heterocycles. The van der Waals surface area contributed by atoms with Crippen LogP contribution in [0, 0.1) is 27.7 Å². The van der Waals surface area contributed by atoms with E-state index in [2.05, 4.69) is 10.1 Å². The Labute approximate surface area is 179 Å². The summed E-state index contributed by atoms with van der Waals surface area (Å²) in [5.41, 5.74) is 3.62. The molecule has 0 spiro atoms. The first-order valence-electron chi connectivity index (χ1n) is 9.74. The van der Waals surface area contributed by atoms with Gasteiger partial charge in [0, 0.05) is 11.3 Å². The van der Waals surface area contributed by atoms with Crippen LogP contribution in [-0.2, 0) is 11.3 Å². The zero-order valence-electron chi connectivity index (χ0n) is 18.1. The van der Waals surface area contributed by atoms with Gasteiger partial charge in [0.2, 0.25) is 5.78 Å². The van der Waals surface area contributed by atoms with Crippen LogP contribution < -0.4 is 4.74 Å². The summed E-state index contributed by atoms with van der Waals surface area (Å²) < 4.78 is 16.1. The number of nitrogens with one attached hydrogen (secondary N) is 1. The molecule has 2 aromatic heterocycles. The van der Waals surface area contributed by atoms with E-state index in [0.29, 0.717) is 34.0 Å². The van der Waals surface area contributed by atoms with Crippen LogP contribution in [0.5, 0.6) is 5.75 Å². The quantitative estimate of drug-likeness (QED) is 0.429. The molecule has 0 amide bonds. The maximum absolute atomic E-state index is 12.6. The van der Waals surface area contributed by atoms with Crippen molar-refractivity contribution in [3.63, 3.8) is 0 Å². The number of hydrogen-bond donors (Lipinski definition) is 1. The summed E-state index contributed by atoms with van der Waals surface area (Å²) in [5, 5.41) is 3.88. The summed E-state index contributed by atoms with van der Waals surface area (Å²) in [4.78, 5) is 39.8. The zero-order chi connectivity index (χ0) is 22.7. The maximum Gasteiger partial charge on any atom is 0.342 e. The summed E-state index contributed by atoms with van der Waals surface area (Å²) >= 11 is 0. The number of carbonyl (C=O) groups is 3. The van der Waals surface area contributed by atoms with Crippen LogP contribution >= 0.6 is 0 Å². The SMILES string of the molecule is CC(=O)c1c(C)[nH]c(C(=O)COC(=O)c2ccccc2OCc2c(C)noc2C)c1C. The van der Waals surface area contributed by atoms with Crippen molar-refractivity contribution in [1.29, 1.82) is 0 Å². The van der Waals surface area contributed by atoms with E-state index >= 15 is 0 Å². The average molecular weight is 424 g/mol. The lowest BCUT2D eigenvalue weighted by Crippen LogP contribution is -2.16. The summed E-state index contributed by atoms with van der Waals surface area (Å²) in [7, 11) is 0. The van der Waals surface area contributed by atoms with E-state index in [-0.39, 0.29) is 23.6 Å². The number of ketones is 2. The van der Waals surface area contributed by atoms with Crippen molar-refractivity contribution in [3.05, 3.63) is 69.4 Å². The Kier molecular flexibility index (Phi) is 6.39.